The molecule has 0 spiro atoms. The molecule has 0 radical (unpaired) electrons. The van der Waals surface area contributed by atoms with Crippen LogP contribution in [0.4, 0.5) is 0 Å². The summed E-state index contributed by atoms with van der Waals surface area (Å²) in [7, 11) is 0. The third-order valence-electron chi connectivity index (χ3n) is 3.71. The van der Waals surface area contributed by atoms with Crippen molar-refractivity contribution in [3.63, 3.8) is 0 Å². The highest BCUT2D eigenvalue weighted by Gasteiger charge is 2.20. The summed E-state index contributed by atoms with van der Waals surface area (Å²) in [6.45, 7) is 2.78. The molecule has 2 rings (SSSR count). The van der Waals surface area contributed by atoms with Crippen molar-refractivity contribution in [1.29, 1.82) is 0 Å². The van der Waals surface area contributed by atoms with Crippen LogP contribution in [0.1, 0.15) is 54.2 Å². The van der Waals surface area contributed by atoms with Gasteiger partial charge in [-0.3, -0.25) is 15.0 Å². The third-order valence-corrected chi connectivity index (χ3v) is 3.71. The van der Waals surface area contributed by atoms with Crippen molar-refractivity contribution in [3.8, 4) is 0 Å². The number of aryl methyl sites for hydroxylation is 1. The average Bonchev–Trinajstić information content (AvgIpc) is 2.45. The van der Waals surface area contributed by atoms with Gasteiger partial charge in [0.15, 0.2) is 0 Å². The molecular formula is C14H21N3O2. The van der Waals surface area contributed by atoms with Crippen molar-refractivity contribution in [1.82, 2.24) is 9.99 Å². The molecule has 1 heterocycles. The van der Waals surface area contributed by atoms with Crippen LogP contribution in [0.2, 0.25) is 0 Å². The number of hydrogen-bond acceptors (Lipinski definition) is 3. The van der Waals surface area contributed by atoms with Crippen LogP contribution in [-0.2, 0) is 19.4 Å². The van der Waals surface area contributed by atoms with E-state index in [4.69, 9.17) is 5.84 Å². The summed E-state index contributed by atoms with van der Waals surface area (Å²) in [5, 5.41) is 0. The maximum absolute atomic E-state index is 12.4. The number of fused-ring (bicyclic) bond motifs is 1. The first-order valence-electron chi connectivity index (χ1n) is 6.95. The molecule has 3 N–H and O–H groups in total. The zero-order valence-electron chi connectivity index (χ0n) is 11.4. The van der Waals surface area contributed by atoms with Crippen LogP contribution in [-0.4, -0.2) is 10.5 Å². The number of hydrogen-bond donors (Lipinski definition) is 2. The molecule has 104 valence electrons. The van der Waals surface area contributed by atoms with Gasteiger partial charge in [-0.15, -0.1) is 0 Å². The lowest BCUT2D eigenvalue weighted by atomic mass is 9.94. The van der Waals surface area contributed by atoms with E-state index in [0.717, 1.165) is 49.8 Å². The number of rotatable bonds is 4. The molecule has 1 aliphatic rings. The number of nitrogens with zero attached hydrogens (tertiary/aromatic N) is 1. The van der Waals surface area contributed by atoms with Crippen molar-refractivity contribution < 1.29 is 4.79 Å². The minimum Gasteiger partial charge on any atom is -0.312 e. The molecule has 0 atom stereocenters. The first kappa shape index (κ1) is 13.8. The zero-order valence-corrected chi connectivity index (χ0v) is 11.4. The summed E-state index contributed by atoms with van der Waals surface area (Å²) >= 11 is 0. The monoisotopic (exact) mass is 263 g/mol. The van der Waals surface area contributed by atoms with Gasteiger partial charge in [-0.2, -0.15) is 0 Å². The van der Waals surface area contributed by atoms with Gasteiger partial charge >= 0.3 is 0 Å². The van der Waals surface area contributed by atoms with Gasteiger partial charge in [-0.05, 0) is 43.7 Å². The van der Waals surface area contributed by atoms with E-state index >= 15 is 0 Å². The van der Waals surface area contributed by atoms with Gasteiger partial charge in [0.05, 0.1) is 0 Å². The fourth-order valence-corrected chi connectivity index (χ4v) is 2.67. The van der Waals surface area contributed by atoms with Crippen LogP contribution in [0.5, 0.6) is 0 Å². The fourth-order valence-electron chi connectivity index (χ4n) is 2.67. The highest BCUT2D eigenvalue weighted by Crippen LogP contribution is 2.21. The van der Waals surface area contributed by atoms with Crippen molar-refractivity contribution in [3.05, 3.63) is 33.2 Å². The largest absolute Gasteiger partial charge is 0.312 e. The van der Waals surface area contributed by atoms with E-state index in [9.17, 15) is 9.59 Å². The van der Waals surface area contributed by atoms with Gasteiger partial charge in [0.2, 0.25) is 0 Å². The highest BCUT2D eigenvalue weighted by atomic mass is 16.2. The molecule has 1 amide bonds. The molecule has 19 heavy (non-hydrogen) atoms. The predicted molar refractivity (Wildman–Crippen MR) is 73.9 cm³/mol. The van der Waals surface area contributed by atoms with Crippen LogP contribution < -0.4 is 16.8 Å². The smallest absolute Gasteiger partial charge is 0.270 e. The second kappa shape index (κ2) is 6.02. The predicted octanol–water partition coefficient (Wildman–Crippen LogP) is 1.13. The van der Waals surface area contributed by atoms with Crippen molar-refractivity contribution in [2.24, 2.45) is 5.84 Å². The van der Waals surface area contributed by atoms with Crippen molar-refractivity contribution in [2.75, 3.05) is 0 Å². The molecule has 0 saturated heterocycles. The lowest BCUT2D eigenvalue weighted by molar-refractivity contribution is 0.0951. The minimum absolute atomic E-state index is 0.166. The van der Waals surface area contributed by atoms with E-state index in [1.54, 1.807) is 10.6 Å². The van der Waals surface area contributed by atoms with E-state index in [1.165, 1.54) is 0 Å². The lowest BCUT2D eigenvalue weighted by Crippen LogP contribution is -2.38. The number of unbranched alkanes of at least 4 members (excludes halogenated alkanes) is 1. The lowest BCUT2D eigenvalue weighted by Gasteiger charge is -2.22. The number of nitrogens with one attached hydrogen (secondary N) is 1. The van der Waals surface area contributed by atoms with Crippen LogP contribution in [0.25, 0.3) is 0 Å². The van der Waals surface area contributed by atoms with Gasteiger partial charge < -0.3 is 4.57 Å². The Labute approximate surface area is 112 Å². The Morgan fingerprint density at radius 3 is 2.84 bits per heavy atom. The number of nitrogen functional groups attached to an aromatic ring is 1. The quantitative estimate of drug-likeness (QED) is 0.485. The molecule has 0 aromatic carbocycles. The maximum Gasteiger partial charge on any atom is 0.270 e. The molecule has 0 bridgehead atoms. The van der Waals surface area contributed by atoms with E-state index in [1.807, 2.05) is 0 Å². The molecule has 1 aromatic heterocycles. The Morgan fingerprint density at radius 2 is 2.16 bits per heavy atom. The Morgan fingerprint density at radius 1 is 1.42 bits per heavy atom. The zero-order chi connectivity index (χ0) is 13.8. The van der Waals surface area contributed by atoms with Crippen molar-refractivity contribution >= 4 is 5.91 Å². The highest BCUT2D eigenvalue weighted by molar-refractivity contribution is 5.93. The molecule has 1 aliphatic carbocycles. The van der Waals surface area contributed by atoms with Gasteiger partial charge in [-0.25, -0.2) is 5.84 Å². The number of amides is 1. The van der Waals surface area contributed by atoms with Gasteiger partial charge in [0.25, 0.3) is 11.5 Å². The topological polar surface area (TPSA) is 77.1 Å². The van der Waals surface area contributed by atoms with Crippen LogP contribution >= 0.6 is 0 Å². The molecule has 1 aromatic rings. The van der Waals surface area contributed by atoms with Crippen LogP contribution in [0.15, 0.2) is 10.9 Å². The minimum atomic E-state index is -0.497. The molecule has 0 saturated carbocycles. The summed E-state index contributed by atoms with van der Waals surface area (Å²) in [6.07, 6.45) is 6.06. The summed E-state index contributed by atoms with van der Waals surface area (Å²) in [5.74, 6) is 4.65. The van der Waals surface area contributed by atoms with E-state index in [0.29, 0.717) is 6.54 Å². The average molecular weight is 263 g/mol. The second-order valence-corrected chi connectivity index (χ2v) is 5.02. The molecular weight excluding hydrogens is 242 g/mol. The fraction of sp³-hybridized carbons (Fsp3) is 0.571. The van der Waals surface area contributed by atoms with Crippen LogP contribution in [0.3, 0.4) is 0 Å². The number of carbonyl (C=O) groups is 1. The van der Waals surface area contributed by atoms with Crippen LogP contribution in [0, 0.1) is 0 Å². The van der Waals surface area contributed by atoms with E-state index in [-0.39, 0.29) is 11.1 Å². The SMILES string of the molecule is CCCCn1c2c(cc(C(=O)NN)c1=O)CCCC2. The molecule has 5 nitrogen and oxygen atoms in total. The summed E-state index contributed by atoms with van der Waals surface area (Å²) in [4.78, 5) is 24.1. The Hall–Kier alpha value is -1.62. The summed E-state index contributed by atoms with van der Waals surface area (Å²) in [5.41, 5.74) is 4.25. The first-order chi connectivity index (χ1) is 9.19. The van der Waals surface area contributed by atoms with E-state index < -0.39 is 5.91 Å². The summed E-state index contributed by atoms with van der Waals surface area (Å²) < 4.78 is 1.78. The van der Waals surface area contributed by atoms with Gasteiger partial charge in [0, 0.05) is 12.2 Å². The normalized spacial score (nSPS) is 14.0. The number of nitrogens with two attached hydrogens (primary N) is 1. The third kappa shape index (κ3) is 2.71. The number of pyridine rings is 1. The molecule has 5 heteroatoms. The summed E-state index contributed by atoms with van der Waals surface area (Å²) in [6, 6.07) is 1.72. The number of carbonyl (C=O) groups excluding carboxylic acids is 1. The standard InChI is InChI=1S/C14H21N3O2/c1-2-3-8-17-12-7-5-4-6-10(12)9-11(14(17)19)13(18)16-15/h9H,2-8,15H2,1H3,(H,16,18). The van der Waals surface area contributed by atoms with Gasteiger partial charge in [-0.1, -0.05) is 13.3 Å². The van der Waals surface area contributed by atoms with E-state index in [2.05, 4.69) is 12.3 Å². The Kier molecular flexibility index (Phi) is 4.37. The molecule has 0 aliphatic heterocycles. The van der Waals surface area contributed by atoms with Gasteiger partial charge in [0.1, 0.15) is 5.56 Å². The second-order valence-electron chi connectivity index (χ2n) is 5.02. The Bertz CT molecular complexity index is 534. The number of aromatic nitrogens is 1. The molecule has 0 unspecified atom stereocenters. The van der Waals surface area contributed by atoms with Crippen molar-refractivity contribution in [2.45, 2.75) is 52.0 Å². The maximum atomic E-state index is 12.4. The Balaban J connectivity index is 2.54. The first-order valence-corrected chi connectivity index (χ1v) is 6.95. The molecule has 0 fully saturated rings. The number of hydrazine groups is 1.